The first-order valence-corrected chi connectivity index (χ1v) is 7.44. The van der Waals surface area contributed by atoms with E-state index >= 15 is 0 Å². The Morgan fingerprint density at radius 3 is 2.30 bits per heavy atom. The first-order chi connectivity index (χ1) is 10.7. The number of carbonyl (C=O) groups excluding carboxylic acids is 2. The topological polar surface area (TPSA) is 82.3 Å². The highest BCUT2D eigenvalue weighted by molar-refractivity contribution is 5.93. The van der Waals surface area contributed by atoms with Gasteiger partial charge in [0.2, 0.25) is 5.91 Å². The van der Waals surface area contributed by atoms with E-state index in [9.17, 15) is 9.59 Å². The van der Waals surface area contributed by atoms with Gasteiger partial charge in [0.1, 0.15) is 0 Å². The summed E-state index contributed by atoms with van der Waals surface area (Å²) in [5.74, 6) is 0.690. The van der Waals surface area contributed by atoms with Gasteiger partial charge in [0.05, 0.1) is 6.54 Å². The van der Waals surface area contributed by atoms with Crippen LogP contribution < -0.4 is 21.3 Å². The molecule has 0 saturated heterocycles. The van der Waals surface area contributed by atoms with Gasteiger partial charge in [-0.25, -0.2) is 4.79 Å². The molecule has 3 amide bonds. The highest BCUT2D eigenvalue weighted by atomic mass is 35.5. The van der Waals surface area contributed by atoms with E-state index in [2.05, 4.69) is 27.8 Å². The van der Waals surface area contributed by atoms with Crippen molar-refractivity contribution in [2.24, 2.45) is 5.92 Å². The Kier molecular flexibility index (Phi) is 8.15. The number of halogens is 1. The van der Waals surface area contributed by atoms with E-state index in [4.69, 9.17) is 0 Å². The van der Waals surface area contributed by atoms with E-state index in [0.717, 1.165) is 12.5 Å². The fourth-order valence-electron chi connectivity index (χ4n) is 1.89. The number of rotatable bonds is 8. The minimum Gasteiger partial charge on any atom is -0.334 e. The molecule has 0 aliphatic heterocycles. The predicted octanol–water partition coefficient (Wildman–Crippen LogP) is 2.35. The van der Waals surface area contributed by atoms with Gasteiger partial charge in [-0.2, -0.15) is 0 Å². The Balaban J connectivity index is 0.00000264. The molecule has 0 bridgehead atoms. The van der Waals surface area contributed by atoms with Crippen molar-refractivity contribution in [1.82, 2.24) is 10.6 Å². The molecule has 1 aromatic carbocycles. The summed E-state index contributed by atoms with van der Waals surface area (Å²) in [5, 5.41) is 11.3. The Labute approximate surface area is 142 Å². The first kappa shape index (κ1) is 19.0. The van der Waals surface area contributed by atoms with Crippen LogP contribution >= 0.6 is 12.4 Å². The monoisotopic (exact) mass is 338 g/mol. The summed E-state index contributed by atoms with van der Waals surface area (Å²) in [4.78, 5) is 23.2. The van der Waals surface area contributed by atoms with Gasteiger partial charge < -0.3 is 21.3 Å². The van der Waals surface area contributed by atoms with Gasteiger partial charge in [-0.3, -0.25) is 4.79 Å². The smallest absolute Gasteiger partial charge is 0.319 e. The zero-order valence-corrected chi connectivity index (χ0v) is 13.7. The van der Waals surface area contributed by atoms with Crippen LogP contribution in [0.3, 0.4) is 0 Å². The molecule has 0 heterocycles. The van der Waals surface area contributed by atoms with E-state index in [0.29, 0.717) is 24.5 Å². The number of nitrogens with one attached hydrogen (secondary N) is 4. The van der Waals surface area contributed by atoms with Gasteiger partial charge in [0.15, 0.2) is 0 Å². The van der Waals surface area contributed by atoms with Crippen LogP contribution in [-0.2, 0) is 4.79 Å². The maximum Gasteiger partial charge on any atom is 0.319 e. The Hall–Kier alpha value is -2.05. The molecular formula is C16H23ClN4O2. The third-order valence-electron chi connectivity index (χ3n) is 3.25. The second-order valence-electron chi connectivity index (χ2n) is 5.32. The molecule has 0 unspecified atom stereocenters. The lowest BCUT2D eigenvalue weighted by molar-refractivity contribution is -0.115. The number of benzene rings is 1. The van der Waals surface area contributed by atoms with Gasteiger partial charge in [0.25, 0.3) is 0 Å². The van der Waals surface area contributed by atoms with Crippen molar-refractivity contribution in [2.75, 3.05) is 30.3 Å². The summed E-state index contributed by atoms with van der Waals surface area (Å²) < 4.78 is 0. The number of amides is 3. The Morgan fingerprint density at radius 2 is 1.74 bits per heavy atom. The molecular weight excluding hydrogens is 316 g/mol. The van der Waals surface area contributed by atoms with Crippen LogP contribution in [0.25, 0.3) is 0 Å². The quantitative estimate of drug-likeness (QED) is 0.549. The third kappa shape index (κ3) is 7.67. The fraction of sp³-hybridized carbons (Fsp3) is 0.375. The number of hydrogen-bond acceptors (Lipinski definition) is 3. The molecule has 2 rings (SSSR count). The highest BCUT2D eigenvalue weighted by Gasteiger charge is 2.20. The summed E-state index contributed by atoms with van der Waals surface area (Å²) in [5.41, 5.74) is 1.36. The SMILES string of the molecule is C=CCNC(=O)Nc1ccc(NC(=O)CNCC2CC2)cc1.Cl. The van der Waals surface area contributed by atoms with Crippen molar-refractivity contribution in [3.63, 3.8) is 0 Å². The fourth-order valence-corrected chi connectivity index (χ4v) is 1.89. The molecule has 1 aromatic rings. The van der Waals surface area contributed by atoms with Crippen molar-refractivity contribution in [1.29, 1.82) is 0 Å². The van der Waals surface area contributed by atoms with Gasteiger partial charge in [-0.1, -0.05) is 6.08 Å². The number of hydrogen-bond donors (Lipinski definition) is 4. The standard InChI is InChI=1S/C16H22N4O2.ClH/c1-2-9-18-16(22)20-14-7-5-13(6-8-14)19-15(21)11-17-10-12-3-4-12;/h2,5-8,12,17H,1,3-4,9-11H2,(H,19,21)(H2,18,20,22);1H. The molecule has 6 nitrogen and oxygen atoms in total. The van der Waals surface area contributed by atoms with E-state index in [-0.39, 0.29) is 24.3 Å². The summed E-state index contributed by atoms with van der Waals surface area (Å²) >= 11 is 0. The predicted molar refractivity (Wildman–Crippen MR) is 95.1 cm³/mol. The lowest BCUT2D eigenvalue weighted by Gasteiger charge is -2.09. The lowest BCUT2D eigenvalue weighted by atomic mass is 10.2. The van der Waals surface area contributed by atoms with Crippen LogP contribution in [0, 0.1) is 5.92 Å². The normalized spacial score (nSPS) is 12.7. The number of carbonyl (C=O) groups is 2. The third-order valence-corrected chi connectivity index (χ3v) is 3.25. The second kappa shape index (κ2) is 9.86. The largest absolute Gasteiger partial charge is 0.334 e. The van der Waals surface area contributed by atoms with Crippen LogP contribution in [0.5, 0.6) is 0 Å². The minimum absolute atomic E-state index is 0. The summed E-state index contributed by atoms with van der Waals surface area (Å²) in [6, 6.07) is 6.69. The molecule has 1 aliphatic carbocycles. The Bertz CT molecular complexity index is 529. The zero-order chi connectivity index (χ0) is 15.8. The second-order valence-corrected chi connectivity index (χ2v) is 5.32. The van der Waals surface area contributed by atoms with Crippen molar-refractivity contribution in [2.45, 2.75) is 12.8 Å². The molecule has 1 fully saturated rings. The Morgan fingerprint density at radius 1 is 1.13 bits per heavy atom. The molecule has 0 aromatic heterocycles. The first-order valence-electron chi connectivity index (χ1n) is 7.44. The van der Waals surface area contributed by atoms with E-state index in [1.165, 1.54) is 12.8 Å². The molecule has 0 spiro atoms. The molecule has 4 N–H and O–H groups in total. The van der Waals surface area contributed by atoms with Gasteiger partial charge in [-0.05, 0) is 49.6 Å². The molecule has 1 saturated carbocycles. The number of urea groups is 1. The van der Waals surface area contributed by atoms with Gasteiger partial charge >= 0.3 is 6.03 Å². The van der Waals surface area contributed by atoms with E-state index in [1.807, 2.05) is 0 Å². The average molecular weight is 339 g/mol. The molecule has 23 heavy (non-hydrogen) atoms. The van der Waals surface area contributed by atoms with Crippen LogP contribution in [0.1, 0.15) is 12.8 Å². The van der Waals surface area contributed by atoms with Gasteiger partial charge in [0, 0.05) is 17.9 Å². The maximum absolute atomic E-state index is 11.7. The number of anilines is 2. The molecule has 7 heteroatoms. The van der Waals surface area contributed by atoms with Crippen molar-refractivity contribution >= 4 is 35.7 Å². The lowest BCUT2D eigenvalue weighted by Crippen LogP contribution is -2.29. The average Bonchev–Trinajstić information content (AvgIpc) is 3.31. The molecule has 1 aliphatic rings. The van der Waals surface area contributed by atoms with Crippen molar-refractivity contribution in [3.8, 4) is 0 Å². The minimum atomic E-state index is -0.291. The van der Waals surface area contributed by atoms with Crippen molar-refractivity contribution < 1.29 is 9.59 Å². The van der Waals surface area contributed by atoms with Crippen LogP contribution in [-0.4, -0.2) is 31.6 Å². The molecule has 126 valence electrons. The van der Waals surface area contributed by atoms with Crippen molar-refractivity contribution in [3.05, 3.63) is 36.9 Å². The van der Waals surface area contributed by atoms with E-state index < -0.39 is 0 Å². The zero-order valence-electron chi connectivity index (χ0n) is 12.9. The van der Waals surface area contributed by atoms with Gasteiger partial charge in [-0.15, -0.1) is 19.0 Å². The summed E-state index contributed by atoms with van der Waals surface area (Å²) in [7, 11) is 0. The highest BCUT2D eigenvalue weighted by Crippen LogP contribution is 2.27. The maximum atomic E-state index is 11.7. The molecule has 0 radical (unpaired) electrons. The van der Waals surface area contributed by atoms with Crippen LogP contribution in [0.4, 0.5) is 16.2 Å². The van der Waals surface area contributed by atoms with Crippen LogP contribution in [0.15, 0.2) is 36.9 Å². The summed E-state index contributed by atoms with van der Waals surface area (Å²) in [6.07, 6.45) is 4.14. The van der Waals surface area contributed by atoms with E-state index in [1.54, 1.807) is 30.3 Å². The summed E-state index contributed by atoms with van der Waals surface area (Å²) in [6.45, 7) is 5.17. The molecule has 0 atom stereocenters. The van der Waals surface area contributed by atoms with Crippen LogP contribution in [0.2, 0.25) is 0 Å².